The number of nitrogens with one attached hydrogen (secondary N) is 2. The summed E-state index contributed by atoms with van der Waals surface area (Å²) < 4.78 is 0. The molecule has 3 unspecified atom stereocenters. The summed E-state index contributed by atoms with van der Waals surface area (Å²) in [5.74, 6) is -2.07. The molecule has 0 spiro atoms. The standard InChI is InChI=1S/C14H27N3O4S/c1-7(2)5-10(16-12(18)9(15)6-22)13(19)17-11(8(3)4)14(20)21/h7-11,22H,5-6,15H2,1-4H3,(H,16,18)(H,17,19)(H,20,21). The lowest BCUT2D eigenvalue weighted by Gasteiger charge is -2.25. The number of carboxylic acid groups (broad SMARTS) is 1. The SMILES string of the molecule is CC(C)CC(NC(=O)C(N)CS)C(=O)NC(C(=O)O)C(C)C. The van der Waals surface area contributed by atoms with Crippen molar-refractivity contribution in [2.24, 2.45) is 17.6 Å². The van der Waals surface area contributed by atoms with Crippen molar-refractivity contribution in [2.75, 3.05) is 5.75 Å². The number of hydrogen-bond acceptors (Lipinski definition) is 5. The van der Waals surface area contributed by atoms with Gasteiger partial charge in [0.2, 0.25) is 11.8 Å². The molecule has 0 rings (SSSR count). The van der Waals surface area contributed by atoms with Crippen LogP contribution in [0.25, 0.3) is 0 Å². The summed E-state index contributed by atoms with van der Waals surface area (Å²) >= 11 is 3.94. The average molecular weight is 333 g/mol. The van der Waals surface area contributed by atoms with E-state index >= 15 is 0 Å². The maximum atomic E-state index is 12.3. The molecule has 5 N–H and O–H groups in total. The van der Waals surface area contributed by atoms with Crippen LogP contribution in [0, 0.1) is 11.8 Å². The minimum absolute atomic E-state index is 0.144. The minimum Gasteiger partial charge on any atom is -0.480 e. The molecule has 7 nitrogen and oxygen atoms in total. The fourth-order valence-electron chi connectivity index (χ4n) is 1.83. The molecule has 0 aromatic rings. The smallest absolute Gasteiger partial charge is 0.326 e. The number of amides is 2. The van der Waals surface area contributed by atoms with E-state index in [0.29, 0.717) is 6.42 Å². The van der Waals surface area contributed by atoms with Gasteiger partial charge >= 0.3 is 5.97 Å². The van der Waals surface area contributed by atoms with Gasteiger partial charge in [0.15, 0.2) is 0 Å². The van der Waals surface area contributed by atoms with E-state index in [2.05, 4.69) is 23.3 Å². The first-order chi connectivity index (χ1) is 10.1. The van der Waals surface area contributed by atoms with Gasteiger partial charge in [-0.25, -0.2) is 4.79 Å². The molecule has 0 aliphatic rings. The van der Waals surface area contributed by atoms with Crippen LogP contribution in [0.1, 0.15) is 34.1 Å². The Bertz CT molecular complexity index is 402. The number of rotatable bonds is 9. The van der Waals surface area contributed by atoms with Crippen molar-refractivity contribution < 1.29 is 19.5 Å². The quantitative estimate of drug-likeness (QED) is 0.380. The van der Waals surface area contributed by atoms with Crippen LogP contribution in [-0.4, -0.2) is 46.8 Å². The van der Waals surface area contributed by atoms with Crippen LogP contribution in [0.15, 0.2) is 0 Å². The molecule has 0 aromatic heterocycles. The van der Waals surface area contributed by atoms with Crippen LogP contribution in [0.4, 0.5) is 0 Å². The van der Waals surface area contributed by atoms with Gasteiger partial charge in [0, 0.05) is 5.75 Å². The molecule has 0 heterocycles. The highest BCUT2D eigenvalue weighted by Crippen LogP contribution is 2.08. The second kappa shape index (κ2) is 9.68. The van der Waals surface area contributed by atoms with E-state index in [1.807, 2.05) is 13.8 Å². The zero-order chi connectivity index (χ0) is 17.4. The number of carbonyl (C=O) groups is 3. The van der Waals surface area contributed by atoms with E-state index in [4.69, 9.17) is 10.8 Å². The van der Waals surface area contributed by atoms with Gasteiger partial charge in [0.25, 0.3) is 0 Å². The van der Waals surface area contributed by atoms with Gasteiger partial charge in [-0.2, -0.15) is 12.6 Å². The third-order valence-corrected chi connectivity index (χ3v) is 3.50. The summed E-state index contributed by atoms with van der Waals surface area (Å²) in [4.78, 5) is 35.3. The Labute approximate surface area is 136 Å². The molecule has 128 valence electrons. The Hall–Kier alpha value is -1.28. The maximum Gasteiger partial charge on any atom is 0.326 e. The molecule has 22 heavy (non-hydrogen) atoms. The molecule has 2 amide bonds. The largest absolute Gasteiger partial charge is 0.480 e. The number of thiol groups is 1. The van der Waals surface area contributed by atoms with E-state index in [1.54, 1.807) is 13.8 Å². The van der Waals surface area contributed by atoms with Gasteiger partial charge in [0.05, 0.1) is 6.04 Å². The van der Waals surface area contributed by atoms with Crippen molar-refractivity contribution in [3.63, 3.8) is 0 Å². The molecule has 0 saturated carbocycles. The van der Waals surface area contributed by atoms with E-state index in [1.165, 1.54) is 0 Å². The highest BCUT2D eigenvalue weighted by Gasteiger charge is 2.29. The molecular formula is C14H27N3O4S. The van der Waals surface area contributed by atoms with Gasteiger partial charge in [-0.1, -0.05) is 27.7 Å². The van der Waals surface area contributed by atoms with Crippen molar-refractivity contribution >= 4 is 30.4 Å². The molecule has 0 fully saturated rings. The topological polar surface area (TPSA) is 122 Å². The molecule has 3 atom stereocenters. The maximum absolute atomic E-state index is 12.3. The number of aliphatic carboxylic acids is 1. The number of nitrogens with two attached hydrogens (primary N) is 1. The van der Waals surface area contributed by atoms with Crippen LogP contribution in [0.5, 0.6) is 0 Å². The van der Waals surface area contributed by atoms with Crippen molar-refractivity contribution in [2.45, 2.75) is 52.2 Å². The summed E-state index contributed by atoms with van der Waals surface area (Å²) in [6.45, 7) is 7.21. The van der Waals surface area contributed by atoms with Gasteiger partial charge in [-0.05, 0) is 18.3 Å². The first kappa shape index (κ1) is 20.7. The fourth-order valence-corrected chi connectivity index (χ4v) is 2.00. The number of hydrogen-bond donors (Lipinski definition) is 5. The molecule has 0 radical (unpaired) electrons. The number of carboxylic acids is 1. The normalized spacial score (nSPS) is 15.3. The van der Waals surface area contributed by atoms with E-state index in [9.17, 15) is 14.4 Å². The molecule has 0 aromatic carbocycles. The van der Waals surface area contributed by atoms with Crippen molar-refractivity contribution in [1.29, 1.82) is 0 Å². The third-order valence-electron chi connectivity index (χ3n) is 3.10. The highest BCUT2D eigenvalue weighted by atomic mass is 32.1. The third kappa shape index (κ3) is 7.13. The zero-order valence-electron chi connectivity index (χ0n) is 13.5. The summed E-state index contributed by atoms with van der Waals surface area (Å²) in [5, 5.41) is 14.2. The lowest BCUT2D eigenvalue weighted by molar-refractivity contribution is -0.143. The van der Waals surface area contributed by atoms with Crippen molar-refractivity contribution in [3.05, 3.63) is 0 Å². The van der Waals surface area contributed by atoms with Crippen molar-refractivity contribution in [3.8, 4) is 0 Å². The summed E-state index contributed by atoms with van der Waals surface area (Å²) in [6.07, 6.45) is 0.390. The Balaban J connectivity index is 4.98. The lowest BCUT2D eigenvalue weighted by atomic mass is 10.0. The lowest BCUT2D eigenvalue weighted by Crippen LogP contribution is -2.56. The van der Waals surface area contributed by atoms with Gasteiger partial charge in [-0.15, -0.1) is 0 Å². The minimum atomic E-state index is -1.11. The monoisotopic (exact) mass is 333 g/mol. The predicted octanol–water partition coefficient (Wildman–Crippen LogP) is -0.000200. The first-order valence-electron chi connectivity index (χ1n) is 7.30. The molecular weight excluding hydrogens is 306 g/mol. The van der Waals surface area contributed by atoms with Crippen LogP contribution in [0.3, 0.4) is 0 Å². The first-order valence-corrected chi connectivity index (χ1v) is 7.93. The van der Waals surface area contributed by atoms with Gasteiger partial charge in [-0.3, -0.25) is 9.59 Å². The van der Waals surface area contributed by atoms with E-state index in [-0.39, 0.29) is 17.6 Å². The predicted molar refractivity (Wildman–Crippen MR) is 87.6 cm³/mol. The summed E-state index contributed by atoms with van der Waals surface area (Å²) in [7, 11) is 0. The van der Waals surface area contributed by atoms with Gasteiger partial charge in [0.1, 0.15) is 12.1 Å². The molecule has 0 aliphatic heterocycles. The van der Waals surface area contributed by atoms with Gasteiger partial charge < -0.3 is 21.5 Å². The Morgan fingerprint density at radius 1 is 1.09 bits per heavy atom. The molecule has 0 bridgehead atoms. The zero-order valence-corrected chi connectivity index (χ0v) is 14.4. The second-order valence-electron chi connectivity index (χ2n) is 6.05. The second-order valence-corrected chi connectivity index (χ2v) is 6.41. The summed E-state index contributed by atoms with van der Waals surface area (Å²) in [5.41, 5.74) is 5.58. The Kier molecular flexibility index (Phi) is 9.12. The summed E-state index contributed by atoms with van der Waals surface area (Å²) in [6, 6.07) is -2.64. The molecule has 0 saturated heterocycles. The van der Waals surface area contributed by atoms with Crippen LogP contribution >= 0.6 is 12.6 Å². The van der Waals surface area contributed by atoms with Crippen LogP contribution in [-0.2, 0) is 14.4 Å². The highest BCUT2D eigenvalue weighted by molar-refractivity contribution is 7.80. The molecule has 0 aliphatic carbocycles. The average Bonchev–Trinajstić information content (AvgIpc) is 2.41. The number of carbonyl (C=O) groups excluding carboxylic acids is 2. The van der Waals surface area contributed by atoms with E-state index < -0.39 is 35.9 Å². The fraction of sp³-hybridized carbons (Fsp3) is 0.786. The van der Waals surface area contributed by atoms with Crippen molar-refractivity contribution in [1.82, 2.24) is 10.6 Å². The molecule has 8 heteroatoms. The van der Waals surface area contributed by atoms with E-state index in [0.717, 1.165) is 0 Å². The Morgan fingerprint density at radius 2 is 1.64 bits per heavy atom. The van der Waals surface area contributed by atoms with Crippen LogP contribution in [0.2, 0.25) is 0 Å². The van der Waals surface area contributed by atoms with Crippen LogP contribution < -0.4 is 16.4 Å². The Morgan fingerprint density at radius 3 is 2.00 bits per heavy atom.